The summed E-state index contributed by atoms with van der Waals surface area (Å²) in [5.74, 6) is 0.00429. The molecule has 2 heterocycles. The summed E-state index contributed by atoms with van der Waals surface area (Å²) in [7, 11) is 0. The second-order valence-corrected chi connectivity index (χ2v) is 6.76. The lowest BCUT2D eigenvalue weighted by molar-refractivity contribution is -0.149. The van der Waals surface area contributed by atoms with Gasteiger partial charge in [0.05, 0.1) is 0 Å². The number of hydrogen-bond acceptors (Lipinski definition) is 4. The van der Waals surface area contributed by atoms with Crippen LogP contribution in [0.25, 0.3) is 11.1 Å². The van der Waals surface area contributed by atoms with E-state index in [1.165, 1.54) is 0 Å². The predicted molar refractivity (Wildman–Crippen MR) is 86.3 cm³/mol. The van der Waals surface area contributed by atoms with Crippen LogP contribution in [0.2, 0.25) is 0 Å². The minimum atomic E-state index is -0.875. The zero-order valence-corrected chi connectivity index (χ0v) is 13.4. The van der Waals surface area contributed by atoms with E-state index in [9.17, 15) is 14.7 Å². The van der Waals surface area contributed by atoms with Crippen LogP contribution in [-0.2, 0) is 16.0 Å². The Labute approximate surface area is 139 Å². The zero-order valence-electron chi connectivity index (χ0n) is 13.4. The van der Waals surface area contributed by atoms with Crippen molar-refractivity contribution in [2.24, 2.45) is 11.8 Å². The van der Waals surface area contributed by atoms with E-state index in [2.05, 4.69) is 4.98 Å². The van der Waals surface area contributed by atoms with Crippen molar-refractivity contribution in [3.8, 4) is 0 Å². The predicted octanol–water partition coefficient (Wildman–Crippen LogP) is 2.47. The Morgan fingerprint density at radius 2 is 2.12 bits per heavy atom. The van der Waals surface area contributed by atoms with E-state index in [0.717, 1.165) is 24.8 Å². The summed E-state index contributed by atoms with van der Waals surface area (Å²) in [4.78, 5) is 30.1. The van der Waals surface area contributed by atoms with Crippen LogP contribution in [0.3, 0.4) is 0 Å². The van der Waals surface area contributed by atoms with Crippen LogP contribution in [0.4, 0.5) is 0 Å². The van der Waals surface area contributed by atoms with Crippen LogP contribution < -0.4 is 0 Å². The van der Waals surface area contributed by atoms with E-state index >= 15 is 0 Å². The summed E-state index contributed by atoms with van der Waals surface area (Å²) >= 11 is 0. The lowest BCUT2D eigenvalue weighted by atomic mass is 9.94. The summed E-state index contributed by atoms with van der Waals surface area (Å²) in [6.45, 7) is 0.577. The van der Waals surface area contributed by atoms with Crippen LogP contribution in [0, 0.1) is 11.8 Å². The van der Waals surface area contributed by atoms with Gasteiger partial charge in [0.25, 0.3) is 0 Å². The number of amides is 1. The Hall–Kier alpha value is -2.37. The Balaban J connectivity index is 1.44. The minimum Gasteiger partial charge on any atom is -0.480 e. The fourth-order valence-electron chi connectivity index (χ4n) is 4.26. The number of nitrogens with zero attached hydrogens (tertiary/aromatic N) is 2. The van der Waals surface area contributed by atoms with Crippen LogP contribution in [-0.4, -0.2) is 39.5 Å². The van der Waals surface area contributed by atoms with Gasteiger partial charge in [-0.1, -0.05) is 18.6 Å². The summed E-state index contributed by atoms with van der Waals surface area (Å²) in [6, 6.07) is 6.82. The molecule has 1 N–H and O–H groups in total. The Kier molecular flexibility index (Phi) is 3.75. The molecule has 24 heavy (non-hydrogen) atoms. The van der Waals surface area contributed by atoms with Gasteiger partial charge in [-0.15, -0.1) is 0 Å². The highest BCUT2D eigenvalue weighted by Gasteiger charge is 2.49. The number of benzene rings is 1. The van der Waals surface area contributed by atoms with Gasteiger partial charge in [-0.25, -0.2) is 9.78 Å². The van der Waals surface area contributed by atoms with Crippen molar-refractivity contribution in [2.45, 2.75) is 38.1 Å². The number of likely N-dealkylation sites (tertiary alicyclic amines) is 1. The molecular formula is C18H20N2O4. The minimum absolute atomic E-state index is 0.112. The first-order valence-electron chi connectivity index (χ1n) is 8.50. The average molecular weight is 328 g/mol. The van der Waals surface area contributed by atoms with E-state index in [1.54, 1.807) is 4.90 Å². The number of oxazole rings is 1. The molecule has 3 atom stereocenters. The normalized spacial score (nSPS) is 26.0. The monoisotopic (exact) mass is 328 g/mol. The number of rotatable bonds is 4. The van der Waals surface area contributed by atoms with Crippen LogP contribution in [0.1, 0.15) is 31.6 Å². The first-order chi connectivity index (χ1) is 11.6. The maximum atomic E-state index is 12.6. The molecule has 2 aromatic rings. The Morgan fingerprint density at radius 3 is 2.92 bits per heavy atom. The second kappa shape index (κ2) is 5.92. The fourth-order valence-corrected chi connectivity index (χ4v) is 4.26. The smallest absolute Gasteiger partial charge is 0.326 e. The van der Waals surface area contributed by atoms with E-state index in [0.29, 0.717) is 30.4 Å². The highest BCUT2D eigenvalue weighted by atomic mass is 16.4. The SMILES string of the molecule is O=C(O)C1C2CCCC2CN1C(=O)CCc1nc2ccccc2o1. The van der Waals surface area contributed by atoms with Gasteiger partial charge in [-0.05, 0) is 36.8 Å². The number of aliphatic carboxylic acids is 1. The van der Waals surface area contributed by atoms with Gasteiger partial charge in [-0.3, -0.25) is 4.79 Å². The van der Waals surface area contributed by atoms with Crippen molar-refractivity contribution >= 4 is 23.0 Å². The van der Waals surface area contributed by atoms with E-state index in [4.69, 9.17) is 4.42 Å². The molecule has 0 bridgehead atoms. The molecular weight excluding hydrogens is 308 g/mol. The topological polar surface area (TPSA) is 83.6 Å². The quantitative estimate of drug-likeness (QED) is 0.932. The first-order valence-corrected chi connectivity index (χ1v) is 8.50. The fraction of sp³-hybridized carbons (Fsp3) is 0.500. The summed E-state index contributed by atoms with van der Waals surface area (Å²) < 4.78 is 5.63. The van der Waals surface area contributed by atoms with Gasteiger partial charge < -0.3 is 14.4 Å². The molecule has 126 valence electrons. The van der Waals surface area contributed by atoms with Crippen molar-refractivity contribution < 1.29 is 19.1 Å². The molecule has 2 aliphatic rings. The molecule has 0 radical (unpaired) electrons. The third-order valence-corrected chi connectivity index (χ3v) is 5.35. The summed E-state index contributed by atoms with van der Waals surface area (Å²) in [6.07, 6.45) is 3.64. The van der Waals surface area contributed by atoms with Crippen molar-refractivity contribution in [1.82, 2.24) is 9.88 Å². The second-order valence-electron chi connectivity index (χ2n) is 6.76. The molecule has 1 aromatic carbocycles. The van der Waals surface area contributed by atoms with Gasteiger partial charge in [-0.2, -0.15) is 0 Å². The molecule has 1 aliphatic heterocycles. The van der Waals surface area contributed by atoms with Gasteiger partial charge in [0.1, 0.15) is 11.6 Å². The van der Waals surface area contributed by atoms with Gasteiger partial charge in [0.15, 0.2) is 11.5 Å². The number of aryl methyl sites for hydroxylation is 1. The van der Waals surface area contributed by atoms with Crippen molar-refractivity contribution in [3.63, 3.8) is 0 Å². The summed E-state index contributed by atoms with van der Waals surface area (Å²) in [5.41, 5.74) is 1.48. The standard InChI is InChI=1S/C18H20N2O4/c21-16(9-8-15-19-13-6-1-2-7-14(13)24-15)20-10-11-4-3-5-12(11)17(20)18(22)23/h1-2,6-7,11-12,17H,3-5,8-10H2,(H,22,23). The molecule has 1 aromatic heterocycles. The zero-order chi connectivity index (χ0) is 16.7. The average Bonchev–Trinajstić information content (AvgIpc) is 3.24. The number of carboxylic acid groups (broad SMARTS) is 1. The largest absolute Gasteiger partial charge is 0.480 e. The number of fused-ring (bicyclic) bond motifs is 2. The molecule has 1 saturated carbocycles. The molecule has 0 spiro atoms. The highest BCUT2D eigenvalue weighted by Crippen LogP contribution is 2.42. The third-order valence-electron chi connectivity index (χ3n) is 5.35. The van der Waals surface area contributed by atoms with Gasteiger partial charge in [0, 0.05) is 19.4 Å². The summed E-state index contributed by atoms with van der Waals surface area (Å²) in [5, 5.41) is 9.54. The molecule has 3 unspecified atom stereocenters. The Morgan fingerprint density at radius 1 is 1.29 bits per heavy atom. The maximum Gasteiger partial charge on any atom is 0.326 e. The van der Waals surface area contributed by atoms with Gasteiger partial charge >= 0.3 is 5.97 Å². The Bertz CT molecular complexity index is 751. The van der Waals surface area contributed by atoms with Crippen LogP contribution >= 0.6 is 0 Å². The van der Waals surface area contributed by atoms with Crippen LogP contribution in [0.5, 0.6) is 0 Å². The molecule has 1 amide bonds. The number of aromatic nitrogens is 1. The third kappa shape index (κ3) is 2.56. The number of para-hydroxylation sites is 2. The lowest BCUT2D eigenvalue weighted by Gasteiger charge is -2.24. The van der Waals surface area contributed by atoms with E-state index in [-0.39, 0.29) is 18.2 Å². The van der Waals surface area contributed by atoms with Gasteiger partial charge in [0.2, 0.25) is 5.91 Å². The molecule has 6 nitrogen and oxygen atoms in total. The number of carboxylic acids is 1. The molecule has 2 fully saturated rings. The van der Waals surface area contributed by atoms with Crippen LogP contribution in [0.15, 0.2) is 28.7 Å². The van der Waals surface area contributed by atoms with Crippen molar-refractivity contribution in [2.75, 3.05) is 6.54 Å². The first kappa shape index (κ1) is 15.2. The van der Waals surface area contributed by atoms with E-state index < -0.39 is 12.0 Å². The lowest BCUT2D eigenvalue weighted by Crippen LogP contribution is -2.43. The van der Waals surface area contributed by atoms with Crippen molar-refractivity contribution in [1.29, 1.82) is 0 Å². The molecule has 1 saturated heterocycles. The maximum absolute atomic E-state index is 12.6. The number of carbonyl (C=O) groups excluding carboxylic acids is 1. The highest BCUT2D eigenvalue weighted by molar-refractivity contribution is 5.85. The molecule has 4 rings (SSSR count). The number of hydrogen-bond donors (Lipinski definition) is 1. The number of carbonyl (C=O) groups is 2. The van der Waals surface area contributed by atoms with E-state index in [1.807, 2.05) is 24.3 Å². The van der Waals surface area contributed by atoms with Crippen molar-refractivity contribution in [3.05, 3.63) is 30.2 Å². The molecule has 6 heteroatoms. The molecule has 1 aliphatic carbocycles.